The summed E-state index contributed by atoms with van der Waals surface area (Å²) in [5, 5.41) is 5.47. The van der Waals surface area contributed by atoms with E-state index in [1.54, 1.807) is 66.9 Å². The number of pyridine rings is 1. The number of para-hydroxylation sites is 1. The lowest BCUT2D eigenvalue weighted by Crippen LogP contribution is -2.19. The summed E-state index contributed by atoms with van der Waals surface area (Å²) < 4.78 is 10.5. The fraction of sp³-hybridized carbons (Fsp3) is 0.0952. The average Bonchev–Trinajstić information content (AvgIpc) is 2.74. The molecule has 2 aromatic carbocycles. The van der Waals surface area contributed by atoms with Gasteiger partial charge in [-0.3, -0.25) is 9.59 Å². The Hall–Kier alpha value is -3.87. The van der Waals surface area contributed by atoms with Crippen molar-refractivity contribution in [2.75, 3.05) is 24.9 Å². The van der Waals surface area contributed by atoms with Crippen molar-refractivity contribution in [3.05, 3.63) is 78.0 Å². The van der Waals surface area contributed by atoms with Crippen LogP contribution in [-0.2, 0) is 0 Å². The van der Waals surface area contributed by atoms with Crippen molar-refractivity contribution in [3.63, 3.8) is 0 Å². The summed E-state index contributed by atoms with van der Waals surface area (Å²) in [5.41, 5.74) is 0.900. The van der Waals surface area contributed by atoms with Crippen molar-refractivity contribution in [3.8, 4) is 11.5 Å². The zero-order chi connectivity index (χ0) is 19.9. The third-order valence-corrected chi connectivity index (χ3v) is 3.98. The molecule has 0 aliphatic heterocycles. The number of nitrogens with zero attached hydrogens (tertiary/aromatic N) is 1. The molecule has 0 unspecified atom stereocenters. The third kappa shape index (κ3) is 4.09. The van der Waals surface area contributed by atoms with Gasteiger partial charge in [0.1, 0.15) is 22.9 Å². The van der Waals surface area contributed by atoms with Crippen molar-refractivity contribution in [2.24, 2.45) is 0 Å². The lowest BCUT2D eigenvalue weighted by Gasteiger charge is -2.15. The molecule has 0 aliphatic rings. The second-order valence-electron chi connectivity index (χ2n) is 5.71. The largest absolute Gasteiger partial charge is 0.496 e. The Balaban J connectivity index is 1.88. The summed E-state index contributed by atoms with van der Waals surface area (Å²) in [6.45, 7) is 0. The SMILES string of the molecule is COc1cccc(OC)c1C(=O)Nc1ccccc1C(=O)Nc1ccccn1. The molecule has 0 fully saturated rings. The van der Waals surface area contributed by atoms with Crippen LogP contribution < -0.4 is 20.1 Å². The Morgan fingerprint density at radius 3 is 2.11 bits per heavy atom. The number of amides is 2. The minimum atomic E-state index is -0.451. The van der Waals surface area contributed by atoms with Gasteiger partial charge < -0.3 is 20.1 Å². The fourth-order valence-electron chi connectivity index (χ4n) is 2.67. The van der Waals surface area contributed by atoms with E-state index < -0.39 is 5.91 Å². The molecule has 0 spiro atoms. The van der Waals surface area contributed by atoms with E-state index in [1.165, 1.54) is 14.2 Å². The maximum atomic E-state index is 12.9. The summed E-state index contributed by atoms with van der Waals surface area (Å²) in [5.74, 6) is 0.313. The minimum absolute atomic E-state index is 0.243. The van der Waals surface area contributed by atoms with Gasteiger partial charge in [-0.05, 0) is 36.4 Å². The lowest BCUT2D eigenvalue weighted by molar-refractivity contribution is 0.102. The van der Waals surface area contributed by atoms with E-state index in [0.29, 0.717) is 28.6 Å². The molecular formula is C21H19N3O4. The van der Waals surface area contributed by atoms with Crippen LogP contribution >= 0.6 is 0 Å². The predicted molar refractivity (Wildman–Crippen MR) is 106 cm³/mol. The van der Waals surface area contributed by atoms with Gasteiger partial charge in [0.15, 0.2) is 0 Å². The van der Waals surface area contributed by atoms with Gasteiger partial charge in [0.05, 0.1) is 25.5 Å². The van der Waals surface area contributed by atoms with Crippen LogP contribution in [-0.4, -0.2) is 31.0 Å². The fourth-order valence-corrected chi connectivity index (χ4v) is 2.67. The molecule has 28 heavy (non-hydrogen) atoms. The molecule has 7 heteroatoms. The monoisotopic (exact) mass is 377 g/mol. The first-order valence-corrected chi connectivity index (χ1v) is 8.47. The molecule has 0 radical (unpaired) electrons. The minimum Gasteiger partial charge on any atom is -0.496 e. The molecule has 3 aromatic rings. The van der Waals surface area contributed by atoms with Crippen LogP contribution in [0.3, 0.4) is 0 Å². The van der Waals surface area contributed by atoms with Gasteiger partial charge in [-0.2, -0.15) is 0 Å². The molecule has 0 aliphatic carbocycles. The normalized spacial score (nSPS) is 10.1. The molecule has 7 nitrogen and oxygen atoms in total. The summed E-state index contributed by atoms with van der Waals surface area (Å²) in [6.07, 6.45) is 1.58. The molecule has 1 aromatic heterocycles. The second-order valence-corrected chi connectivity index (χ2v) is 5.71. The standard InChI is InChI=1S/C21H19N3O4/c1-27-16-10-7-11-17(28-2)19(16)21(26)23-15-9-4-3-8-14(15)20(25)24-18-12-5-6-13-22-18/h3-13H,1-2H3,(H,23,26)(H,22,24,25). The van der Waals surface area contributed by atoms with Crippen LogP contribution in [0.15, 0.2) is 66.9 Å². The number of carbonyl (C=O) groups excluding carboxylic acids is 2. The first-order valence-electron chi connectivity index (χ1n) is 8.47. The third-order valence-electron chi connectivity index (χ3n) is 3.98. The average molecular weight is 377 g/mol. The highest BCUT2D eigenvalue weighted by Gasteiger charge is 2.20. The van der Waals surface area contributed by atoms with E-state index >= 15 is 0 Å². The van der Waals surface area contributed by atoms with Crippen molar-refractivity contribution < 1.29 is 19.1 Å². The zero-order valence-corrected chi connectivity index (χ0v) is 15.4. The predicted octanol–water partition coefficient (Wildman–Crippen LogP) is 3.60. The number of benzene rings is 2. The molecular weight excluding hydrogens is 358 g/mol. The van der Waals surface area contributed by atoms with Crippen molar-refractivity contribution in [2.45, 2.75) is 0 Å². The van der Waals surface area contributed by atoms with Gasteiger partial charge in [0, 0.05) is 6.20 Å². The number of carbonyl (C=O) groups is 2. The highest BCUT2D eigenvalue weighted by Crippen LogP contribution is 2.29. The van der Waals surface area contributed by atoms with Gasteiger partial charge in [-0.25, -0.2) is 4.98 Å². The first-order chi connectivity index (χ1) is 13.6. The number of hydrogen-bond acceptors (Lipinski definition) is 5. The van der Waals surface area contributed by atoms with E-state index in [0.717, 1.165) is 0 Å². The van der Waals surface area contributed by atoms with Crippen LogP contribution in [0.2, 0.25) is 0 Å². The van der Waals surface area contributed by atoms with E-state index in [-0.39, 0.29) is 11.5 Å². The number of nitrogens with one attached hydrogen (secondary N) is 2. The Morgan fingerprint density at radius 1 is 0.786 bits per heavy atom. The van der Waals surface area contributed by atoms with Gasteiger partial charge >= 0.3 is 0 Å². The Morgan fingerprint density at radius 2 is 1.46 bits per heavy atom. The van der Waals surface area contributed by atoms with Gasteiger partial charge in [0.25, 0.3) is 11.8 Å². The van der Waals surface area contributed by atoms with Crippen LogP contribution in [0.4, 0.5) is 11.5 Å². The van der Waals surface area contributed by atoms with Crippen LogP contribution in [0, 0.1) is 0 Å². The number of ether oxygens (including phenoxy) is 2. The molecule has 3 rings (SSSR count). The molecule has 2 amide bonds. The number of hydrogen-bond donors (Lipinski definition) is 2. The molecule has 142 valence electrons. The topological polar surface area (TPSA) is 89.5 Å². The second kappa shape index (κ2) is 8.68. The summed E-state index contributed by atoms with van der Waals surface area (Å²) in [6, 6.07) is 17.0. The van der Waals surface area contributed by atoms with Crippen LogP contribution in [0.5, 0.6) is 11.5 Å². The highest BCUT2D eigenvalue weighted by molar-refractivity contribution is 6.13. The van der Waals surface area contributed by atoms with Crippen LogP contribution in [0.1, 0.15) is 20.7 Å². The number of aromatic nitrogens is 1. The zero-order valence-electron chi connectivity index (χ0n) is 15.4. The molecule has 0 atom stereocenters. The van der Waals surface area contributed by atoms with Gasteiger partial charge in [-0.15, -0.1) is 0 Å². The van der Waals surface area contributed by atoms with Crippen LogP contribution in [0.25, 0.3) is 0 Å². The van der Waals surface area contributed by atoms with Crippen molar-refractivity contribution in [1.29, 1.82) is 0 Å². The summed E-state index contributed by atoms with van der Waals surface area (Å²) in [7, 11) is 2.94. The van der Waals surface area contributed by atoms with Crippen molar-refractivity contribution >= 4 is 23.3 Å². The van der Waals surface area contributed by atoms with E-state index in [9.17, 15) is 9.59 Å². The molecule has 2 N–H and O–H groups in total. The Kier molecular flexibility index (Phi) is 5.86. The number of anilines is 2. The quantitative estimate of drug-likeness (QED) is 0.685. The molecule has 0 bridgehead atoms. The molecule has 1 heterocycles. The summed E-state index contributed by atoms with van der Waals surface area (Å²) in [4.78, 5) is 29.6. The van der Waals surface area contributed by atoms with Crippen molar-refractivity contribution in [1.82, 2.24) is 4.98 Å². The maximum Gasteiger partial charge on any atom is 0.263 e. The smallest absolute Gasteiger partial charge is 0.263 e. The maximum absolute atomic E-state index is 12.9. The van der Waals surface area contributed by atoms with Gasteiger partial charge in [0.2, 0.25) is 0 Å². The number of methoxy groups -OCH3 is 2. The Bertz CT molecular complexity index is 968. The lowest BCUT2D eigenvalue weighted by atomic mass is 10.1. The van der Waals surface area contributed by atoms with Gasteiger partial charge in [-0.1, -0.05) is 24.3 Å². The van der Waals surface area contributed by atoms with E-state index in [2.05, 4.69) is 15.6 Å². The highest BCUT2D eigenvalue weighted by atomic mass is 16.5. The first kappa shape index (κ1) is 18.9. The molecule has 0 saturated carbocycles. The van der Waals surface area contributed by atoms with E-state index in [1.807, 2.05) is 0 Å². The molecule has 0 saturated heterocycles. The number of rotatable bonds is 6. The Labute approximate surface area is 162 Å². The summed E-state index contributed by atoms with van der Waals surface area (Å²) >= 11 is 0. The van der Waals surface area contributed by atoms with E-state index in [4.69, 9.17) is 9.47 Å².